The van der Waals surface area contributed by atoms with Gasteiger partial charge >= 0.3 is 6.36 Å². The Morgan fingerprint density at radius 3 is 2.14 bits per heavy atom. The van der Waals surface area contributed by atoms with Crippen molar-refractivity contribution in [2.24, 2.45) is 0 Å². The van der Waals surface area contributed by atoms with Gasteiger partial charge in [0.05, 0.1) is 38.9 Å². The third kappa shape index (κ3) is 4.02. The first-order valence-corrected chi connectivity index (χ1v) is 10.8. The van der Waals surface area contributed by atoms with Gasteiger partial charge in [0, 0.05) is 15.5 Å². The summed E-state index contributed by atoms with van der Waals surface area (Å²) in [5.74, 6) is 0.194. The molecular formula is C22H17F3INOS. The van der Waals surface area contributed by atoms with E-state index in [0.717, 1.165) is 16.1 Å². The van der Waals surface area contributed by atoms with Crippen LogP contribution in [0.1, 0.15) is 25.3 Å². The third-order valence-corrected chi connectivity index (χ3v) is 7.03. The Hall–Kier alpha value is -2.00. The number of alkyl halides is 3. The van der Waals surface area contributed by atoms with Gasteiger partial charge in [0.15, 0.2) is 0 Å². The van der Waals surface area contributed by atoms with Crippen LogP contribution >= 0.6 is 34.2 Å². The zero-order valence-corrected chi connectivity index (χ0v) is 18.6. The molecule has 4 aromatic rings. The first kappa shape index (κ1) is 20.3. The molecule has 29 heavy (non-hydrogen) atoms. The lowest BCUT2D eigenvalue weighted by Crippen LogP contribution is -2.17. The van der Waals surface area contributed by atoms with Crippen molar-refractivity contribution in [3.8, 4) is 5.75 Å². The average molecular weight is 527 g/mol. The summed E-state index contributed by atoms with van der Waals surface area (Å²) >= 11 is 3.94. The predicted molar refractivity (Wildman–Crippen MR) is 123 cm³/mol. The van der Waals surface area contributed by atoms with Gasteiger partial charge < -0.3 is 4.74 Å². The lowest BCUT2D eigenvalue weighted by Gasteiger charge is -2.18. The van der Waals surface area contributed by atoms with Crippen molar-refractivity contribution in [1.82, 2.24) is 0 Å². The quantitative estimate of drug-likeness (QED) is 0.195. The summed E-state index contributed by atoms with van der Waals surface area (Å²) in [4.78, 5) is 0. The molecule has 7 heteroatoms. The molecule has 0 spiro atoms. The molecule has 3 aromatic carbocycles. The molecule has 0 bridgehead atoms. The van der Waals surface area contributed by atoms with Gasteiger partial charge in [-0.25, -0.2) is 0 Å². The summed E-state index contributed by atoms with van der Waals surface area (Å²) in [5.41, 5.74) is 3.10. The molecule has 2 nitrogen and oxygen atoms in total. The van der Waals surface area contributed by atoms with Gasteiger partial charge in [-0.3, -0.25) is 3.11 Å². The van der Waals surface area contributed by atoms with E-state index < -0.39 is 6.36 Å². The zero-order valence-electron chi connectivity index (χ0n) is 15.6. The Kier molecular flexibility index (Phi) is 5.37. The minimum atomic E-state index is -4.69. The molecule has 0 radical (unpaired) electrons. The van der Waals surface area contributed by atoms with Crippen LogP contribution in [0.4, 0.5) is 24.5 Å². The van der Waals surface area contributed by atoms with Gasteiger partial charge in [0.2, 0.25) is 0 Å². The topological polar surface area (TPSA) is 12.5 Å². The molecule has 150 valence electrons. The fraction of sp³-hybridized carbons (Fsp3) is 0.182. The Labute approximate surface area is 184 Å². The molecular weight excluding hydrogens is 510 g/mol. The summed E-state index contributed by atoms with van der Waals surface area (Å²) in [5, 5.41) is 2.42. The maximum atomic E-state index is 12.4. The molecule has 0 saturated carbocycles. The smallest absolute Gasteiger partial charge is 0.406 e. The highest BCUT2D eigenvalue weighted by Gasteiger charge is 2.31. The molecule has 0 N–H and O–H groups in total. The van der Waals surface area contributed by atoms with E-state index in [9.17, 15) is 13.2 Å². The van der Waals surface area contributed by atoms with Crippen LogP contribution in [0, 0.1) is 0 Å². The largest absolute Gasteiger partial charge is 0.573 e. The number of hydrogen-bond donors (Lipinski definition) is 0. The van der Waals surface area contributed by atoms with E-state index in [2.05, 4.69) is 65.7 Å². The maximum absolute atomic E-state index is 12.4. The van der Waals surface area contributed by atoms with Gasteiger partial charge in [0.1, 0.15) is 5.75 Å². The van der Waals surface area contributed by atoms with Gasteiger partial charge in [-0.05, 0) is 41.8 Å². The van der Waals surface area contributed by atoms with Gasteiger partial charge in [0.25, 0.3) is 0 Å². The highest BCUT2D eigenvalue weighted by atomic mass is 127. The number of anilines is 2. The SMILES string of the molecule is CC(C)c1cccc2c1sc1c(N(I)c3ccc(OC(F)(F)F)cc3)cccc12. The van der Waals surface area contributed by atoms with Gasteiger partial charge in [-0.1, -0.05) is 44.2 Å². The number of fused-ring (bicyclic) bond motifs is 3. The van der Waals surface area contributed by atoms with Crippen molar-refractivity contribution in [2.75, 3.05) is 3.11 Å². The highest BCUT2D eigenvalue weighted by Crippen LogP contribution is 2.45. The van der Waals surface area contributed by atoms with Crippen LogP contribution in [0.25, 0.3) is 20.2 Å². The number of thiophene rings is 1. The fourth-order valence-electron chi connectivity index (χ4n) is 3.35. The van der Waals surface area contributed by atoms with Crippen LogP contribution in [-0.2, 0) is 0 Å². The highest BCUT2D eigenvalue weighted by molar-refractivity contribution is 14.1. The number of benzene rings is 3. The van der Waals surface area contributed by atoms with Crippen LogP contribution in [0.15, 0.2) is 60.7 Å². The summed E-state index contributed by atoms with van der Waals surface area (Å²) in [7, 11) is 0. The first-order chi connectivity index (χ1) is 13.7. The van der Waals surface area contributed by atoms with Crippen LogP contribution in [0.2, 0.25) is 0 Å². The number of rotatable bonds is 4. The van der Waals surface area contributed by atoms with Crippen LogP contribution in [0.3, 0.4) is 0 Å². The van der Waals surface area contributed by atoms with Crippen molar-refractivity contribution in [1.29, 1.82) is 0 Å². The van der Waals surface area contributed by atoms with Crippen molar-refractivity contribution in [2.45, 2.75) is 26.1 Å². The number of nitrogens with zero attached hydrogens (tertiary/aromatic N) is 1. The molecule has 1 aromatic heterocycles. The second-order valence-corrected chi connectivity index (χ2v) is 8.94. The molecule has 1 heterocycles. The Morgan fingerprint density at radius 1 is 0.897 bits per heavy atom. The molecule has 0 saturated heterocycles. The van der Waals surface area contributed by atoms with Crippen LogP contribution in [-0.4, -0.2) is 6.36 Å². The zero-order chi connectivity index (χ0) is 20.8. The van der Waals surface area contributed by atoms with Gasteiger partial charge in [-0.2, -0.15) is 0 Å². The minimum Gasteiger partial charge on any atom is -0.406 e. The molecule has 0 amide bonds. The normalized spacial score (nSPS) is 12.1. The molecule has 0 aliphatic heterocycles. The van der Waals surface area contributed by atoms with E-state index in [4.69, 9.17) is 0 Å². The minimum absolute atomic E-state index is 0.229. The lowest BCUT2D eigenvalue weighted by atomic mass is 10.0. The average Bonchev–Trinajstić information content (AvgIpc) is 3.05. The van der Waals surface area contributed by atoms with E-state index in [1.165, 1.54) is 33.2 Å². The number of hydrogen-bond acceptors (Lipinski definition) is 3. The molecule has 0 unspecified atom stereocenters. The lowest BCUT2D eigenvalue weighted by molar-refractivity contribution is -0.274. The molecule has 0 fully saturated rings. The summed E-state index contributed by atoms with van der Waals surface area (Å²) in [6.07, 6.45) is -4.69. The Balaban J connectivity index is 1.77. The summed E-state index contributed by atoms with van der Waals surface area (Å²) in [6.45, 7) is 4.38. The maximum Gasteiger partial charge on any atom is 0.573 e. The van der Waals surface area contributed by atoms with E-state index in [1.54, 1.807) is 23.5 Å². The Morgan fingerprint density at radius 2 is 1.52 bits per heavy atom. The van der Waals surface area contributed by atoms with Crippen LogP contribution in [0.5, 0.6) is 5.75 Å². The van der Waals surface area contributed by atoms with Crippen molar-refractivity contribution < 1.29 is 17.9 Å². The third-order valence-electron chi connectivity index (χ3n) is 4.66. The van der Waals surface area contributed by atoms with Gasteiger partial charge in [-0.15, -0.1) is 24.5 Å². The van der Waals surface area contributed by atoms with E-state index in [-0.39, 0.29) is 5.75 Å². The van der Waals surface area contributed by atoms with E-state index in [0.29, 0.717) is 5.92 Å². The molecule has 0 atom stereocenters. The number of halogens is 4. The number of ether oxygens (including phenoxy) is 1. The van der Waals surface area contributed by atoms with E-state index >= 15 is 0 Å². The summed E-state index contributed by atoms with van der Waals surface area (Å²) < 4.78 is 45.6. The second kappa shape index (κ2) is 7.68. The van der Waals surface area contributed by atoms with Crippen molar-refractivity contribution in [3.05, 3.63) is 66.2 Å². The van der Waals surface area contributed by atoms with Crippen LogP contribution < -0.4 is 7.85 Å². The molecule has 0 aliphatic rings. The standard InChI is InChI=1S/C22H17F3INOS/c1-13(2)16-5-3-6-17-18-7-4-8-19(21(18)29-20(16)17)27(26)14-9-11-15(12-10-14)28-22(23,24)25/h3-13H,1-2H3. The second-order valence-electron chi connectivity index (χ2n) is 6.96. The summed E-state index contributed by atoms with van der Waals surface area (Å²) in [6, 6.07) is 18.5. The first-order valence-electron chi connectivity index (χ1n) is 9.00. The Bertz CT molecular complexity index is 1170. The van der Waals surface area contributed by atoms with Crippen molar-refractivity contribution >= 4 is 65.7 Å². The monoisotopic (exact) mass is 527 g/mol. The molecule has 4 rings (SSSR count). The predicted octanol–water partition coefficient (Wildman–Crippen LogP) is 8.56. The van der Waals surface area contributed by atoms with E-state index in [1.807, 2.05) is 15.2 Å². The fourth-order valence-corrected chi connectivity index (χ4v) is 5.71. The van der Waals surface area contributed by atoms with Crippen molar-refractivity contribution in [3.63, 3.8) is 0 Å². The molecule has 0 aliphatic carbocycles.